The summed E-state index contributed by atoms with van der Waals surface area (Å²) in [5.41, 5.74) is 10.5. The number of anilines is 10. The van der Waals surface area contributed by atoms with Crippen molar-refractivity contribution in [3.8, 4) is 11.8 Å². The molecular formula is C42H32IrN7O-5. The average Bonchev–Trinajstić information content (AvgIpc) is 3.84. The molecule has 6 aromatic carbocycles. The first-order valence-electron chi connectivity index (χ1n) is 16.2. The summed E-state index contributed by atoms with van der Waals surface area (Å²) in [6.07, 6.45) is 0. The van der Waals surface area contributed by atoms with Gasteiger partial charge in [0.2, 0.25) is 0 Å². The molecule has 1 N–H and O–H groups in total. The van der Waals surface area contributed by atoms with E-state index in [9.17, 15) is 10.4 Å². The molecule has 9 rings (SSSR count). The molecule has 9 heteroatoms. The van der Waals surface area contributed by atoms with Gasteiger partial charge in [0.15, 0.2) is 0 Å². The van der Waals surface area contributed by atoms with Crippen molar-refractivity contribution in [2.75, 3.05) is 43.5 Å². The molecule has 0 atom stereocenters. The summed E-state index contributed by atoms with van der Waals surface area (Å²) in [5.74, 6) is 0.257. The third kappa shape index (κ3) is 6.21. The molecule has 0 aromatic heterocycles. The molecule has 3 heterocycles. The molecule has 51 heavy (non-hydrogen) atoms. The number of nitrogens with zero attached hydrogens (tertiary/aromatic N) is 7. The fourth-order valence-corrected chi connectivity index (χ4v) is 6.47. The Morgan fingerprint density at radius 3 is 1.45 bits per heavy atom. The first-order valence-corrected chi connectivity index (χ1v) is 16.2. The molecule has 255 valence electrons. The number of hydrogen-bond donors (Lipinski definition) is 1. The van der Waals surface area contributed by atoms with Gasteiger partial charge in [-0.05, 0) is 62.6 Å². The first-order chi connectivity index (χ1) is 24.5. The van der Waals surface area contributed by atoms with E-state index in [4.69, 9.17) is 0 Å². The van der Waals surface area contributed by atoms with Gasteiger partial charge in [0.1, 0.15) is 5.75 Å². The van der Waals surface area contributed by atoms with Crippen LogP contribution in [0.25, 0.3) is 0 Å². The van der Waals surface area contributed by atoms with E-state index < -0.39 is 0 Å². The Labute approximate surface area is 312 Å². The Morgan fingerprint density at radius 1 is 0.529 bits per heavy atom. The van der Waals surface area contributed by atoms with Gasteiger partial charge in [-0.1, -0.05) is 54.1 Å². The SMILES string of the molecule is CN1[CH-]N(c2[c-]c(N3[CH-]N(C)c4ccccc43)cc(C#N)c2)c2ccccc21.Oc1ccccc1N1[CH-]N(c2[c-]cccc2)c2ccccc21.[Ir]. The summed E-state index contributed by atoms with van der Waals surface area (Å²) in [6, 6.07) is 52.5. The van der Waals surface area contributed by atoms with E-state index in [1.165, 1.54) is 0 Å². The van der Waals surface area contributed by atoms with Gasteiger partial charge in [0.05, 0.1) is 11.8 Å². The van der Waals surface area contributed by atoms with Crippen molar-refractivity contribution in [3.05, 3.63) is 171 Å². The Balaban J connectivity index is 0.000000161. The molecule has 0 bridgehead atoms. The van der Waals surface area contributed by atoms with Gasteiger partial charge in [-0.3, -0.25) is 0 Å². The van der Waals surface area contributed by atoms with Crippen molar-refractivity contribution >= 4 is 56.9 Å². The van der Waals surface area contributed by atoms with E-state index in [1.807, 2.05) is 136 Å². The molecule has 0 fully saturated rings. The largest absolute Gasteiger partial charge is 0.506 e. The van der Waals surface area contributed by atoms with Gasteiger partial charge >= 0.3 is 0 Å². The number of fused-ring (bicyclic) bond motifs is 3. The average molecular weight is 843 g/mol. The van der Waals surface area contributed by atoms with Gasteiger partial charge in [0.25, 0.3) is 0 Å². The van der Waals surface area contributed by atoms with Crippen LogP contribution < -0.4 is 29.4 Å². The molecule has 6 aromatic rings. The predicted octanol–water partition coefficient (Wildman–Crippen LogP) is 9.37. The minimum Gasteiger partial charge on any atom is -0.506 e. The summed E-state index contributed by atoms with van der Waals surface area (Å²) < 4.78 is 0. The van der Waals surface area contributed by atoms with Gasteiger partial charge in [-0.25, -0.2) is 0 Å². The van der Waals surface area contributed by atoms with Crippen molar-refractivity contribution in [2.24, 2.45) is 0 Å². The third-order valence-electron chi connectivity index (χ3n) is 8.83. The number of aromatic hydroxyl groups is 1. The maximum absolute atomic E-state index is 10.2. The molecule has 0 unspecified atom stereocenters. The van der Waals surface area contributed by atoms with Crippen LogP contribution in [-0.2, 0) is 20.1 Å². The van der Waals surface area contributed by atoms with E-state index >= 15 is 0 Å². The number of hydrogen-bond acceptors (Lipinski definition) is 8. The minimum absolute atomic E-state index is 0. The number of para-hydroxylation sites is 9. The fourth-order valence-electron chi connectivity index (χ4n) is 6.47. The second-order valence-electron chi connectivity index (χ2n) is 12.0. The summed E-state index contributed by atoms with van der Waals surface area (Å²) in [6.45, 7) is 6.02. The van der Waals surface area contributed by atoms with E-state index in [-0.39, 0.29) is 25.9 Å². The number of nitriles is 1. The summed E-state index contributed by atoms with van der Waals surface area (Å²) >= 11 is 0. The van der Waals surface area contributed by atoms with Crippen LogP contribution in [0.2, 0.25) is 0 Å². The van der Waals surface area contributed by atoms with Crippen LogP contribution in [0.4, 0.5) is 56.9 Å². The van der Waals surface area contributed by atoms with Crippen LogP contribution >= 0.6 is 0 Å². The zero-order valence-corrected chi connectivity index (χ0v) is 30.2. The number of rotatable bonds is 4. The molecule has 1 radical (unpaired) electrons. The maximum atomic E-state index is 10.2. The van der Waals surface area contributed by atoms with E-state index in [0.717, 1.165) is 56.9 Å². The predicted molar refractivity (Wildman–Crippen MR) is 201 cm³/mol. The van der Waals surface area contributed by atoms with Crippen LogP contribution in [0.15, 0.2) is 133 Å². The second-order valence-corrected chi connectivity index (χ2v) is 12.0. The fraction of sp³-hybridized carbons (Fsp3) is 0.0476. The van der Waals surface area contributed by atoms with Crippen molar-refractivity contribution in [1.29, 1.82) is 5.26 Å². The molecule has 0 amide bonds. The van der Waals surface area contributed by atoms with Crippen molar-refractivity contribution in [1.82, 2.24) is 0 Å². The molecular weight excluding hydrogens is 811 g/mol. The zero-order chi connectivity index (χ0) is 34.2. The van der Waals surface area contributed by atoms with Crippen molar-refractivity contribution in [3.63, 3.8) is 0 Å². The minimum atomic E-state index is 0. The van der Waals surface area contributed by atoms with Crippen LogP contribution in [0, 0.1) is 43.5 Å². The molecule has 8 nitrogen and oxygen atoms in total. The van der Waals surface area contributed by atoms with Gasteiger partial charge in [0, 0.05) is 54.2 Å². The van der Waals surface area contributed by atoms with Crippen LogP contribution in [-0.4, -0.2) is 19.2 Å². The summed E-state index contributed by atoms with van der Waals surface area (Å²) in [7, 11) is 4.04. The standard InChI is InChI=1S/C23H18N5.C19H14N2O.Ir/c1-25-15-27(22-9-5-3-7-20(22)25)18-11-17(14-24)12-19(13-18)28-16-26(2)21-8-4-6-10-23(21)28;22-19-13-7-6-12-18(19)21-14-20(15-8-2-1-3-9-15)16-10-4-5-11-17(16)21;/h3-12,15-16H,1-2H3;1-8,10-14,22H;/q-3;-2;. The molecule has 0 saturated carbocycles. The molecule has 0 saturated heterocycles. The monoisotopic (exact) mass is 843 g/mol. The van der Waals surface area contributed by atoms with Crippen LogP contribution in [0.5, 0.6) is 5.75 Å². The van der Waals surface area contributed by atoms with Crippen molar-refractivity contribution in [2.45, 2.75) is 0 Å². The molecule has 0 aliphatic carbocycles. The number of phenolic OH excluding ortho intramolecular Hbond substituents is 1. The van der Waals surface area contributed by atoms with Gasteiger partial charge in [-0.2, -0.15) is 48.9 Å². The third-order valence-corrected chi connectivity index (χ3v) is 8.83. The van der Waals surface area contributed by atoms with Gasteiger partial charge < -0.3 is 34.5 Å². The summed E-state index contributed by atoms with van der Waals surface area (Å²) in [5, 5.41) is 19.8. The van der Waals surface area contributed by atoms with Crippen LogP contribution in [0.3, 0.4) is 0 Å². The van der Waals surface area contributed by atoms with E-state index in [2.05, 4.69) is 73.0 Å². The Morgan fingerprint density at radius 2 is 0.961 bits per heavy atom. The topological polar surface area (TPSA) is 63.5 Å². The smallest absolute Gasteiger partial charge is 0.136 e. The van der Waals surface area contributed by atoms with Crippen LogP contribution in [0.1, 0.15) is 5.56 Å². The Hall–Kier alpha value is -5.94. The summed E-state index contributed by atoms with van der Waals surface area (Å²) in [4.78, 5) is 12.4. The Bertz CT molecular complexity index is 2140. The number of benzene rings is 6. The molecule has 3 aliphatic rings. The number of phenols is 1. The normalized spacial score (nSPS) is 13.9. The van der Waals surface area contributed by atoms with E-state index in [0.29, 0.717) is 5.56 Å². The van der Waals surface area contributed by atoms with Crippen molar-refractivity contribution < 1.29 is 25.2 Å². The van der Waals surface area contributed by atoms with Gasteiger partial charge in [-0.15, -0.1) is 41.9 Å². The quantitative estimate of drug-likeness (QED) is 0.176. The second kappa shape index (κ2) is 14.1. The Kier molecular flexibility index (Phi) is 9.29. The maximum Gasteiger partial charge on any atom is 0.136 e. The zero-order valence-electron chi connectivity index (χ0n) is 27.8. The first kappa shape index (κ1) is 33.6. The molecule has 3 aliphatic heterocycles. The molecule has 0 spiro atoms. The van der Waals surface area contributed by atoms with E-state index in [1.54, 1.807) is 6.07 Å².